The number of hydrogen-bond donors (Lipinski definition) is 0. The maximum Gasteiger partial charge on any atom is 0.321 e. The summed E-state index contributed by atoms with van der Waals surface area (Å²) < 4.78 is 32.5. The third kappa shape index (κ3) is 2.38. The first-order chi connectivity index (χ1) is 9.65. The lowest BCUT2D eigenvalue weighted by atomic mass is 10.3. The molecule has 3 rings (SSSR count). The predicted octanol–water partition coefficient (Wildman–Crippen LogP) is 3.42. The van der Waals surface area contributed by atoms with Crippen molar-refractivity contribution in [2.75, 3.05) is 0 Å². The van der Waals surface area contributed by atoms with Crippen LogP contribution in [0.15, 0.2) is 33.8 Å². The number of hydrogen-bond acceptors (Lipinski definition) is 5. The number of benzene rings is 1. The highest BCUT2D eigenvalue weighted by atomic mass is 32.2. The smallest absolute Gasteiger partial charge is 0.321 e. The average Bonchev–Trinajstić information content (AvgIpc) is 2.99. The van der Waals surface area contributed by atoms with E-state index in [-0.39, 0.29) is 5.16 Å². The highest BCUT2D eigenvalue weighted by molar-refractivity contribution is 7.98. The summed E-state index contributed by atoms with van der Waals surface area (Å²) in [4.78, 5) is 4.21. The summed E-state index contributed by atoms with van der Waals surface area (Å²) >= 11 is 1.14. The molecule has 5 nitrogen and oxygen atoms in total. The number of aryl methyl sites for hydroxylation is 1. The van der Waals surface area contributed by atoms with Gasteiger partial charge in [0.05, 0.1) is 16.8 Å². The molecule has 0 radical (unpaired) electrons. The standard InChI is InChI=1S/C12H10F2N4OS/c1-7-16-17-10(19-7)6-20-12-15-8-4-2-3-5-9(8)18(12)11(13)14/h2-5,11H,6H2,1H3. The molecule has 104 valence electrons. The van der Waals surface area contributed by atoms with Crippen LogP contribution >= 0.6 is 11.8 Å². The van der Waals surface area contributed by atoms with Crippen LogP contribution in [0.1, 0.15) is 18.3 Å². The van der Waals surface area contributed by atoms with Crippen LogP contribution in [0.4, 0.5) is 8.78 Å². The van der Waals surface area contributed by atoms with Gasteiger partial charge in [0, 0.05) is 6.92 Å². The first kappa shape index (κ1) is 13.0. The summed E-state index contributed by atoms with van der Waals surface area (Å²) in [6.07, 6.45) is 0. The second kappa shape index (κ2) is 5.20. The Kier molecular flexibility index (Phi) is 3.39. The minimum Gasteiger partial charge on any atom is -0.425 e. The van der Waals surface area contributed by atoms with Crippen molar-refractivity contribution in [3.8, 4) is 0 Å². The maximum absolute atomic E-state index is 13.2. The Morgan fingerprint density at radius 3 is 2.80 bits per heavy atom. The Hall–Kier alpha value is -1.96. The summed E-state index contributed by atoms with van der Waals surface area (Å²) in [6, 6.07) is 6.80. The van der Waals surface area contributed by atoms with Crippen molar-refractivity contribution >= 4 is 22.8 Å². The fourth-order valence-electron chi connectivity index (χ4n) is 1.83. The largest absolute Gasteiger partial charge is 0.425 e. The summed E-state index contributed by atoms with van der Waals surface area (Å²) in [5, 5.41) is 7.75. The molecule has 2 heterocycles. The van der Waals surface area contributed by atoms with Gasteiger partial charge in [-0.15, -0.1) is 10.2 Å². The van der Waals surface area contributed by atoms with Gasteiger partial charge >= 0.3 is 6.55 Å². The molecular weight excluding hydrogens is 286 g/mol. The van der Waals surface area contributed by atoms with Crippen LogP contribution in [0.2, 0.25) is 0 Å². The lowest BCUT2D eigenvalue weighted by molar-refractivity contribution is 0.0656. The van der Waals surface area contributed by atoms with Crippen LogP contribution in [0.25, 0.3) is 11.0 Å². The van der Waals surface area contributed by atoms with Gasteiger partial charge in [-0.05, 0) is 12.1 Å². The lowest BCUT2D eigenvalue weighted by Gasteiger charge is -2.05. The second-order valence-corrected chi connectivity index (χ2v) is 4.98. The van der Waals surface area contributed by atoms with Crippen molar-refractivity contribution in [3.05, 3.63) is 36.0 Å². The van der Waals surface area contributed by atoms with Crippen LogP contribution in [0.5, 0.6) is 0 Å². The molecule has 0 aliphatic carbocycles. The molecule has 0 amide bonds. The number of fused-ring (bicyclic) bond motifs is 1. The summed E-state index contributed by atoms with van der Waals surface area (Å²) in [5.41, 5.74) is 0.948. The van der Waals surface area contributed by atoms with Crippen molar-refractivity contribution in [2.24, 2.45) is 0 Å². The molecule has 0 saturated carbocycles. The summed E-state index contributed by atoms with van der Waals surface area (Å²) in [6.45, 7) is -0.968. The van der Waals surface area contributed by atoms with E-state index in [0.717, 1.165) is 16.3 Å². The molecule has 0 fully saturated rings. The third-order valence-electron chi connectivity index (χ3n) is 2.65. The van der Waals surface area contributed by atoms with Gasteiger partial charge in [-0.2, -0.15) is 8.78 Å². The van der Waals surface area contributed by atoms with E-state index in [1.807, 2.05) is 0 Å². The SMILES string of the molecule is Cc1nnc(CSc2nc3ccccc3n2C(F)F)o1. The van der Waals surface area contributed by atoms with Gasteiger partial charge in [-0.25, -0.2) is 4.98 Å². The van der Waals surface area contributed by atoms with Gasteiger partial charge in [0.2, 0.25) is 11.8 Å². The van der Waals surface area contributed by atoms with Crippen LogP contribution < -0.4 is 0 Å². The molecule has 2 aromatic heterocycles. The van der Waals surface area contributed by atoms with Crippen molar-refractivity contribution in [2.45, 2.75) is 24.4 Å². The quantitative estimate of drug-likeness (QED) is 0.690. The van der Waals surface area contributed by atoms with Gasteiger partial charge in [0.15, 0.2) is 5.16 Å². The van der Waals surface area contributed by atoms with Crippen LogP contribution in [-0.2, 0) is 5.75 Å². The highest BCUT2D eigenvalue weighted by Gasteiger charge is 2.18. The van der Waals surface area contributed by atoms with E-state index < -0.39 is 6.55 Å². The normalized spacial score (nSPS) is 11.6. The van der Waals surface area contributed by atoms with Crippen molar-refractivity contribution in [3.63, 3.8) is 0 Å². The van der Waals surface area contributed by atoms with Gasteiger partial charge in [-0.3, -0.25) is 4.57 Å². The van der Waals surface area contributed by atoms with Crippen molar-refractivity contribution in [1.29, 1.82) is 0 Å². The maximum atomic E-state index is 13.2. The Morgan fingerprint density at radius 1 is 1.30 bits per heavy atom. The Balaban J connectivity index is 1.92. The molecule has 0 spiro atoms. The van der Waals surface area contributed by atoms with Gasteiger partial charge in [0.25, 0.3) is 0 Å². The molecule has 20 heavy (non-hydrogen) atoms. The van der Waals surface area contributed by atoms with Crippen LogP contribution in [-0.4, -0.2) is 19.7 Å². The predicted molar refractivity (Wildman–Crippen MR) is 69.6 cm³/mol. The Bertz CT molecular complexity index is 740. The lowest BCUT2D eigenvalue weighted by Crippen LogP contribution is -2.00. The molecule has 3 aromatic rings. The van der Waals surface area contributed by atoms with E-state index in [4.69, 9.17) is 4.42 Å². The van der Waals surface area contributed by atoms with E-state index >= 15 is 0 Å². The minimum atomic E-state index is -2.64. The summed E-state index contributed by atoms with van der Waals surface area (Å²) in [5.74, 6) is 1.14. The zero-order valence-electron chi connectivity index (χ0n) is 10.5. The number of rotatable bonds is 4. The summed E-state index contributed by atoms with van der Waals surface area (Å²) in [7, 11) is 0. The molecule has 0 bridgehead atoms. The number of thioether (sulfide) groups is 1. The van der Waals surface area contributed by atoms with Crippen molar-refractivity contribution in [1.82, 2.24) is 19.7 Å². The molecule has 0 unspecified atom stereocenters. The minimum absolute atomic E-state index is 0.233. The molecule has 0 aliphatic heterocycles. The molecule has 8 heteroatoms. The van der Waals surface area contributed by atoms with Gasteiger partial charge in [0.1, 0.15) is 0 Å². The van der Waals surface area contributed by atoms with Crippen LogP contribution in [0, 0.1) is 6.92 Å². The number of para-hydroxylation sites is 2. The van der Waals surface area contributed by atoms with E-state index in [2.05, 4.69) is 15.2 Å². The number of imidazole rings is 1. The second-order valence-electron chi connectivity index (χ2n) is 4.03. The number of halogens is 2. The fraction of sp³-hybridized carbons (Fsp3) is 0.250. The van der Waals surface area contributed by atoms with E-state index in [9.17, 15) is 8.78 Å². The molecule has 0 N–H and O–H groups in total. The van der Waals surface area contributed by atoms with Gasteiger partial charge in [-0.1, -0.05) is 23.9 Å². The molecule has 0 aliphatic rings. The molecule has 0 saturated heterocycles. The molecule has 0 atom stereocenters. The highest BCUT2D eigenvalue weighted by Crippen LogP contribution is 2.30. The topological polar surface area (TPSA) is 56.7 Å². The first-order valence-electron chi connectivity index (χ1n) is 5.82. The third-order valence-corrected chi connectivity index (χ3v) is 3.59. The molecule has 1 aromatic carbocycles. The van der Waals surface area contributed by atoms with E-state index in [1.54, 1.807) is 31.2 Å². The monoisotopic (exact) mass is 296 g/mol. The van der Waals surface area contributed by atoms with E-state index in [0.29, 0.717) is 28.6 Å². The number of alkyl halides is 2. The van der Waals surface area contributed by atoms with Crippen molar-refractivity contribution < 1.29 is 13.2 Å². The first-order valence-corrected chi connectivity index (χ1v) is 6.80. The zero-order chi connectivity index (χ0) is 14.1. The fourth-order valence-corrected chi connectivity index (χ4v) is 2.68. The number of aromatic nitrogens is 4. The Morgan fingerprint density at radius 2 is 2.10 bits per heavy atom. The van der Waals surface area contributed by atoms with Gasteiger partial charge < -0.3 is 4.42 Å². The number of nitrogens with zero attached hydrogens (tertiary/aromatic N) is 4. The Labute approximate surface area is 117 Å². The molecular formula is C12H10F2N4OS. The van der Waals surface area contributed by atoms with E-state index in [1.165, 1.54) is 0 Å². The average molecular weight is 296 g/mol. The zero-order valence-corrected chi connectivity index (χ0v) is 11.3. The van der Waals surface area contributed by atoms with Crippen LogP contribution in [0.3, 0.4) is 0 Å².